The molecule has 0 radical (unpaired) electrons. The van der Waals surface area contributed by atoms with Crippen molar-refractivity contribution in [3.05, 3.63) is 65.5 Å². The van der Waals surface area contributed by atoms with E-state index >= 15 is 0 Å². The van der Waals surface area contributed by atoms with Crippen molar-refractivity contribution in [1.82, 2.24) is 14.5 Å². The standard InChI is InChI=1S/C20H22FN3O4S/c1-15-6-8-16(9-7-15)29(27,28)24-12-10-23(11-13-24)19(25)14-22-20(26)17-4-2-3-5-18(17)21/h2-9H,10-14H2,1H3,(H,22,26). The molecule has 1 heterocycles. The van der Waals surface area contributed by atoms with E-state index in [9.17, 15) is 22.4 Å². The van der Waals surface area contributed by atoms with E-state index in [2.05, 4.69) is 5.32 Å². The molecule has 0 bridgehead atoms. The summed E-state index contributed by atoms with van der Waals surface area (Å²) in [5.74, 6) is -1.67. The summed E-state index contributed by atoms with van der Waals surface area (Å²) in [7, 11) is -3.61. The van der Waals surface area contributed by atoms with Gasteiger partial charge < -0.3 is 10.2 Å². The van der Waals surface area contributed by atoms with Gasteiger partial charge >= 0.3 is 0 Å². The molecule has 1 fully saturated rings. The minimum Gasteiger partial charge on any atom is -0.343 e. The first-order valence-electron chi connectivity index (χ1n) is 9.16. The zero-order chi connectivity index (χ0) is 21.0. The first-order chi connectivity index (χ1) is 13.8. The fourth-order valence-corrected chi connectivity index (χ4v) is 4.47. The van der Waals surface area contributed by atoms with E-state index in [1.54, 1.807) is 24.3 Å². The molecule has 7 nitrogen and oxygen atoms in total. The molecule has 2 aromatic rings. The first kappa shape index (κ1) is 20.9. The molecule has 1 saturated heterocycles. The summed E-state index contributed by atoms with van der Waals surface area (Å²) in [6, 6.07) is 12.1. The lowest BCUT2D eigenvalue weighted by Crippen LogP contribution is -2.52. The number of hydrogen-bond acceptors (Lipinski definition) is 4. The van der Waals surface area contributed by atoms with Crippen LogP contribution in [-0.2, 0) is 14.8 Å². The molecular weight excluding hydrogens is 397 g/mol. The fraction of sp³-hybridized carbons (Fsp3) is 0.300. The quantitative estimate of drug-likeness (QED) is 0.794. The van der Waals surface area contributed by atoms with Gasteiger partial charge in [-0.2, -0.15) is 4.31 Å². The summed E-state index contributed by atoms with van der Waals surface area (Å²) in [4.78, 5) is 26.1. The maximum absolute atomic E-state index is 13.6. The first-order valence-corrected chi connectivity index (χ1v) is 10.6. The molecule has 9 heteroatoms. The summed E-state index contributed by atoms with van der Waals surface area (Å²) >= 11 is 0. The van der Waals surface area contributed by atoms with Crippen LogP contribution in [0.25, 0.3) is 0 Å². The number of hydrogen-bond donors (Lipinski definition) is 1. The Bertz CT molecular complexity index is 1000. The number of benzene rings is 2. The lowest BCUT2D eigenvalue weighted by Gasteiger charge is -2.34. The summed E-state index contributed by atoms with van der Waals surface area (Å²) in [5, 5.41) is 2.41. The number of amides is 2. The highest BCUT2D eigenvalue weighted by Crippen LogP contribution is 2.18. The van der Waals surface area contributed by atoms with Crippen molar-refractivity contribution in [2.75, 3.05) is 32.7 Å². The average molecular weight is 419 g/mol. The molecule has 0 atom stereocenters. The zero-order valence-corrected chi connectivity index (χ0v) is 16.8. The van der Waals surface area contributed by atoms with Crippen LogP contribution in [0.4, 0.5) is 4.39 Å². The zero-order valence-electron chi connectivity index (χ0n) is 16.0. The van der Waals surface area contributed by atoms with Gasteiger partial charge in [0.2, 0.25) is 15.9 Å². The molecule has 0 saturated carbocycles. The Labute approximate surface area is 169 Å². The van der Waals surface area contributed by atoms with Crippen molar-refractivity contribution in [3.8, 4) is 0 Å². The van der Waals surface area contributed by atoms with Crippen molar-refractivity contribution >= 4 is 21.8 Å². The SMILES string of the molecule is Cc1ccc(S(=O)(=O)N2CCN(C(=O)CNC(=O)c3ccccc3F)CC2)cc1. The Balaban J connectivity index is 1.53. The van der Waals surface area contributed by atoms with E-state index in [1.165, 1.54) is 33.5 Å². The Kier molecular flexibility index (Phi) is 6.29. The van der Waals surface area contributed by atoms with Gasteiger partial charge in [-0.1, -0.05) is 29.8 Å². The van der Waals surface area contributed by atoms with Gasteiger partial charge in [0.05, 0.1) is 17.0 Å². The van der Waals surface area contributed by atoms with E-state index < -0.39 is 21.7 Å². The van der Waals surface area contributed by atoms with Crippen LogP contribution >= 0.6 is 0 Å². The molecule has 0 spiro atoms. The molecule has 1 aliphatic heterocycles. The predicted molar refractivity (Wildman–Crippen MR) is 105 cm³/mol. The second kappa shape index (κ2) is 8.71. The Morgan fingerprint density at radius 2 is 1.62 bits per heavy atom. The summed E-state index contributed by atoms with van der Waals surface area (Å²) < 4.78 is 40.4. The Morgan fingerprint density at radius 3 is 2.24 bits per heavy atom. The van der Waals surface area contributed by atoms with Crippen molar-refractivity contribution in [1.29, 1.82) is 0 Å². The number of piperazine rings is 1. The maximum atomic E-state index is 13.6. The molecule has 3 rings (SSSR count). The van der Waals surface area contributed by atoms with Gasteiger partial charge in [0.25, 0.3) is 5.91 Å². The van der Waals surface area contributed by atoms with Crippen molar-refractivity contribution in [2.24, 2.45) is 0 Å². The van der Waals surface area contributed by atoms with E-state index in [4.69, 9.17) is 0 Å². The second-order valence-corrected chi connectivity index (χ2v) is 8.70. The second-order valence-electron chi connectivity index (χ2n) is 6.76. The number of nitrogens with one attached hydrogen (secondary N) is 1. The van der Waals surface area contributed by atoms with E-state index in [-0.39, 0.29) is 49.1 Å². The summed E-state index contributed by atoms with van der Waals surface area (Å²) in [5.41, 5.74) is 0.839. The largest absolute Gasteiger partial charge is 0.343 e. The Morgan fingerprint density at radius 1 is 1.00 bits per heavy atom. The molecular formula is C20H22FN3O4S. The van der Waals surface area contributed by atoms with Gasteiger partial charge in [0.15, 0.2) is 0 Å². The van der Waals surface area contributed by atoms with E-state index in [0.29, 0.717) is 0 Å². The monoisotopic (exact) mass is 419 g/mol. The van der Waals surface area contributed by atoms with Crippen LogP contribution in [0.2, 0.25) is 0 Å². The molecule has 154 valence electrons. The molecule has 2 amide bonds. The van der Waals surface area contributed by atoms with Crippen molar-refractivity contribution in [3.63, 3.8) is 0 Å². The van der Waals surface area contributed by atoms with E-state index in [1.807, 2.05) is 6.92 Å². The van der Waals surface area contributed by atoms with Gasteiger partial charge in [-0.25, -0.2) is 12.8 Å². The van der Waals surface area contributed by atoms with Crippen LogP contribution in [0, 0.1) is 12.7 Å². The number of halogens is 1. The highest BCUT2D eigenvalue weighted by atomic mass is 32.2. The van der Waals surface area contributed by atoms with Crippen LogP contribution in [-0.4, -0.2) is 62.2 Å². The van der Waals surface area contributed by atoms with Crippen LogP contribution in [0.15, 0.2) is 53.4 Å². The van der Waals surface area contributed by atoms with Crippen molar-refractivity contribution in [2.45, 2.75) is 11.8 Å². The third kappa shape index (κ3) is 4.80. The number of nitrogens with zero attached hydrogens (tertiary/aromatic N) is 2. The van der Waals surface area contributed by atoms with Gasteiger partial charge in [-0.05, 0) is 31.2 Å². The summed E-state index contributed by atoms with van der Waals surface area (Å²) in [6.07, 6.45) is 0. The average Bonchev–Trinajstić information content (AvgIpc) is 2.72. The Hall–Kier alpha value is -2.78. The molecule has 0 unspecified atom stereocenters. The van der Waals surface area contributed by atoms with Crippen LogP contribution in [0.5, 0.6) is 0 Å². The van der Waals surface area contributed by atoms with Crippen LogP contribution in [0.1, 0.15) is 15.9 Å². The van der Waals surface area contributed by atoms with Gasteiger partial charge in [0, 0.05) is 26.2 Å². The third-order valence-corrected chi connectivity index (χ3v) is 6.68. The predicted octanol–water partition coefficient (Wildman–Crippen LogP) is 1.40. The maximum Gasteiger partial charge on any atom is 0.254 e. The summed E-state index contributed by atoms with van der Waals surface area (Å²) in [6.45, 7) is 2.38. The van der Waals surface area contributed by atoms with Crippen LogP contribution < -0.4 is 5.32 Å². The van der Waals surface area contributed by atoms with Crippen LogP contribution in [0.3, 0.4) is 0 Å². The van der Waals surface area contributed by atoms with Gasteiger partial charge in [-0.3, -0.25) is 9.59 Å². The minimum absolute atomic E-state index is 0.130. The number of sulfonamides is 1. The number of carbonyl (C=O) groups is 2. The number of rotatable bonds is 5. The lowest BCUT2D eigenvalue weighted by molar-refractivity contribution is -0.131. The molecule has 0 aromatic heterocycles. The molecule has 1 aliphatic rings. The normalized spacial score (nSPS) is 15.2. The van der Waals surface area contributed by atoms with Gasteiger partial charge in [0.1, 0.15) is 5.82 Å². The molecule has 2 aromatic carbocycles. The third-order valence-electron chi connectivity index (χ3n) is 4.77. The fourth-order valence-electron chi connectivity index (χ4n) is 3.05. The molecule has 0 aliphatic carbocycles. The highest BCUT2D eigenvalue weighted by Gasteiger charge is 2.30. The number of carbonyl (C=O) groups excluding carboxylic acids is 2. The van der Waals surface area contributed by atoms with E-state index in [0.717, 1.165) is 5.56 Å². The van der Waals surface area contributed by atoms with Gasteiger partial charge in [-0.15, -0.1) is 0 Å². The van der Waals surface area contributed by atoms with Crippen molar-refractivity contribution < 1.29 is 22.4 Å². The highest BCUT2D eigenvalue weighted by molar-refractivity contribution is 7.89. The number of aryl methyl sites for hydroxylation is 1. The lowest BCUT2D eigenvalue weighted by atomic mass is 10.2. The smallest absolute Gasteiger partial charge is 0.254 e. The molecule has 29 heavy (non-hydrogen) atoms. The minimum atomic E-state index is -3.61. The topological polar surface area (TPSA) is 86.8 Å². The molecule has 1 N–H and O–H groups in total.